The number of rotatable bonds is 4. The Bertz CT molecular complexity index is 83.1. The molecule has 0 aromatic carbocycles. The van der Waals surface area contributed by atoms with E-state index < -0.39 is 0 Å². The van der Waals surface area contributed by atoms with E-state index in [2.05, 4.69) is 7.85 Å². The van der Waals surface area contributed by atoms with Crippen molar-refractivity contribution in [2.45, 2.75) is 26.1 Å². The molecular formula is C6H13BO2. The predicted molar refractivity (Wildman–Crippen MR) is 39.2 cm³/mol. The number of carbonyl (C=O) groups excluding carboxylic acids is 1. The van der Waals surface area contributed by atoms with Crippen molar-refractivity contribution >= 4 is 13.8 Å². The number of hydrogen-bond donors (Lipinski definition) is 0. The van der Waals surface area contributed by atoms with Crippen LogP contribution in [-0.2, 0) is 9.53 Å². The molecule has 2 nitrogen and oxygen atoms in total. The molecule has 52 valence electrons. The van der Waals surface area contributed by atoms with Crippen molar-refractivity contribution in [2.75, 3.05) is 6.61 Å². The normalized spacial score (nSPS) is 9.00. The van der Waals surface area contributed by atoms with Crippen LogP contribution in [0.15, 0.2) is 0 Å². The minimum Gasteiger partial charge on any atom is -0.466 e. The molecule has 0 aliphatic heterocycles. The van der Waals surface area contributed by atoms with Gasteiger partial charge < -0.3 is 4.74 Å². The van der Waals surface area contributed by atoms with Gasteiger partial charge in [0.15, 0.2) is 0 Å². The lowest BCUT2D eigenvalue weighted by atomic mass is 10.0. The zero-order chi connectivity index (χ0) is 7.11. The third-order valence-corrected chi connectivity index (χ3v) is 1.05. The Morgan fingerprint density at radius 1 is 1.56 bits per heavy atom. The summed E-state index contributed by atoms with van der Waals surface area (Å²) in [4.78, 5) is 10.2. The highest BCUT2D eigenvalue weighted by atomic mass is 16.5. The molecule has 0 radical (unpaired) electrons. The van der Waals surface area contributed by atoms with Gasteiger partial charge in [0.2, 0.25) is 0 Å². The highest BCUT2D eigenvalue weighted by molar-refractivity contribution is 6.08. The van der Waals surface area contributed by atoms with E-state index in [0.717, 1.165) is 12.8 Å². The number of ether oxygens (including phenoxy) is 1. The van der Waals surface area contributed by atoms with E-state index in [9.17, 15) is 4.79 Å². The van der Waals surface area contributed by atoms with Gasteiger partial charge in [-0.25, -0.2) is 0 Å². The Morgan fingerprint density at radius 2 is 2.22 bits per heavy atom. The number of carbonyl (C=O) groups is 1. The van der Waals surface area contributed by atoms with E-state index in [1.807, 2.05) is 0 Å². The van der Waals surface area contributed by atoms with Gasteiger partial charge in [-0.1, -0.05) is 12.7 Å². The van der Waals surface area contributed by atoms with Crippen molar-refractivity contribution in [1.29, 1.82) is 0 Å². The first kappa shape index (κ1) is 8.53. The Kier molecular flexibility index (Phi) is 5.37. The standard InChI is InChI=1S/C6H13BO2/c1-6(8)9-5-3-2-4-7/h2-5,7H2,1H3. The van der Waals surface area contributed by atoms with E-state index in [-0.39, 0.29) is 5.97 Å². The van der Waals surface area contributed by atoms with E-state index in [1.165, 1.54) is 13.2 Å². The molecule has 0 atom stereocenters. The summed E-state index contributed by atoms with van der Waals surface area (Å²) in [5.74, 6) is -0.175. The molecule has 0 unspecified atom stereocenters. The van der Waals surface area contributed by atoms with Crippen LogP contribution in [0.25, 0.3) is 0 Å². The first-order valence-electron chi connectivity index (χ1n) is 3.40. The number of esters is 1. The zero-order valence-corrected chi connectivity index (χ0v) is 6.14. The average molecular weight is 128 g/mol. The summed E-state index contributed by atoms with van der Waals surface area (Å²) < 4.78 is 4.70. The first-order valence-corrected chi connectivity index (χ1v) is 3.40. The van der Waals surface area contributed by atoms with Crippen LogP contribution in [0.1, 0.15) is 19.8 Å². The lowest BCUT2D eigenvalue weighted by Crippen LogP contribution is -1.99. The van der Waals surface area contributed by atoms with Crippen LogP contribution < -0.4 is 0 Å². The molecule has 0 spiro atoms. The summed E-state index contributed by atoms with van der Waals surface area (Å²) in [6.45, 7) is 2.02. The Labute approximate surface area is 57.0 Å². The van der Waals surface area contributed by atoms with Gasteiger partial charge >= 0.3 is 5.97 Å². The smallest absolute Gasteiger partial charge is 0.302 e. The number of hydrogen-bond acceptors (Lipinski definition) is 2. The molecule has 0 fully saturated rings. The fourth-order valence-electron chi connectivity index (χ4n) is 0.568. The molecule has 3 heteroatoms. The summed E-state index contributed by atoms with van der Waals surface area (Å²) in [5, 5.41) is 0. The summed E-state index contributed by atoms with van der Waals surface area (Å²) in [5.41, 5.74) is 0. The second-order valence-corrected chi connectivity index (χ2v) is 2.05. The van der Waals surface area contributed by atoms with Crippen LogP contribution >= 0.6 is 0 Å². The molecule has 0 aromatic rings. The topological polar surface area (TPSA) is 26.3 Å². The maximum absolute atomic E-state index is 10.2. The van der Waals surface area contributed by atoms with Gasteiger partial charge in [-0.3, -0.25) is 4.79 Å². The molecule has 0 rings (SSSR count). The molecule has 0 aliphatic carbocycles. The highest BCUT2D eigenvalue weighted by Crippen LogP contribution is 1.92. The van der Waals surface area contributed by atoms with Crippen molar-refractivity contribution in [1.82, 2.24) is 0 Å². The molecule has 0 aromatic heterocycles. The lowest BCUT2D eigenvalue weighted by molar-refractivity contribution is -0.141. The van der Waals surface area contributed by atoms with Crippen molar-refractivity contribution < 1.29 is 9.53 Å². The van der Waals surface area contributed by atoms with Gasteiger partial charge in [0.05, 0.1) is 6.61 Å². The molecule has 0 aliphatic rings. The molecule has 0 heterocycles. The average Bonchev–Trinajstić information content (AvgIpc) is 1.80. The fraction of sp³-hybridized carbons (Fsp3) is 0.833. The first-order chi connectivity index (χ1) is 4.27. The Hall–Kier alpha value is -0.465. The van der Waals surface area contributed by atoms with Crippen molar-refractivity contribution in [3.63, 3.8) is 0 Å². The minimum atomic E-state index is -0.175. The summed E-state index contributed by atoms with van der Waals surface area (Å²) in [7, 11) is 2.12. The second-order valence-electron chi connectivity index (χ2n) is 2.05. The largest absolute Gasteiger partial charge is 0.466 e. The van der Waals surface area contributed by atoms with E-state index in [1.54, 1.807) is 0 Å². The summed E-state index contributed by atoms with van der Waals surface area (Å²) in [6, 6.07) is 0. The third-order valence-electron chi connectivity index (χ3n) is 1.05. The fourth-order valence-corrected chi connectivity index (χ4v) is 0.568. The summed E-state index contributed by atoms with van der Waals surface area (Å²) >= 11 is 0. The highest BCUT2D eigenvalue weighted by Gasteiger charge is 1.89. The van der Waals surface area contributed by atoms with Crippen LogP contribution in [0.2, 0.25) is 6.32 Å². The van der Waals surface area contributed by atoms with E-state index >= 15 is 0 Å². The molecule has 0 bridgehead atoms. The Balaban J connectivity index is 2.83. The molecule has 9 heavy (non-hydrogen) atoms. The van der Waals surface area contributed by atoms with Crippen molar-refractivity contribution in [2.24, 2.45) is 0 Å². The number of unbranched alkanes of at least 4 members (excludes halogenated alkanes) is 1. The third kappa shape index (κ3) is 7.53. The van der Waals surface area contributed by atoms with Gasteiger partial charge in [0.25, 0.3) is 0 Å². The molecule has 0 N–H and O–H groups in total. The lowest BCUT2D eigenvalue weighted by Gasteiger charge is -1.98. The molecule has 0 amide bonds. The molecule has 0 saturated carbocycles. The SMILES string of the molecule is BCCCCOC(C)=O. The van der Waals surface area contributed by atoms with E-state index in [4.69, 9.17) is 4.74 Å². The van der Waals surface area contributed by atoms with Gasteiger partial charge in [-0.15, -0.1) is 0 Å². The quantitative estimate of drug-likeness (QED) is 0.311. The van der Waals surface area contributed by atoms with Gasteiger partial charge in [-0.05, 0) is 6.42 Å². The van der Waals surface area contributed by atoms with Crippen LogP contribution in [0.5, 0.6) is 0 Å². The van der Waals surface area contributed by atoms with Crippen molar-refractivity contribution in [3.8, 4) is 0 Å². The van der Waals surface area contributed by atoms with Crippen LogP contribution in [0.4, 0.5) is 0 Å². The van der Waals surface area contributed by atoms with E-state index in [0.29, 0.717) is 6.61 Å². The van der Waals surface area contributed by atoms with Gasteiger partial charge in [-0.2, -0.15) is 0 Å². The monoisotopic (exact) mass is 128 g/mol. The maximum Gasteiger partial charge on any atom is 0.302 e. The predicted octanol–water partition coefficient (Wildman–Crippen LogP) is 0.381. The molecular weight excluding hydrogens is 115 g/mol. The van der Waals surface area contributed by atoms with Crippen LogP contribution in [0.3, 0.4) is 0 Å². The maximum atomic E-state index is 10.2. The Morgan fingerprint density at radius 3 is 2.67 bits per heavy atom. The van der Waals surface area contributed by atoms with Gasteiger partial charge in [0, 0.05) is 6.92 Å². The van der Waals surface area contributed by atoms with Crippen molar-refractivity contribution in [3.05, 3.63) is 0 Å². The minimum absolute atomic E-state index is 0.175. The van der Waals surface area contributed by atoms with Gasteiger partial charge in [0.1, 0.15) is 7.85 Å². The van der Waals surface area contributed by atoms with Crippen LogP contribution in [0, 0.1) is 0 Å². The molecule has 0 saturated heterocycles. The summed E-state index contributed by atoms with van der Waals surface area (Å²) in [6.07, 6.45) is 3.31. The zero-order valence-electron chi connectivity index (χ0n) is 6.14. The van der Waals surface area contributed by atoms with Crippen LogP contribution in [-0.4, -0.2) is 20.4 Å². The second kappa shape index (κ2) is 5.67.